The molecule has 0 radical (unpaired) electrons. The van der Waals surface area contributed by atoms with E-state index < -0.39 is 0 Å². The summed E-state index contributed by atoms with van der Waals surface area (Å²) in [7, 11) is 0. The SMILES string of the molecule is Nc1ccccc1OCCC(=O)NCc1ncc[nH]1. The van der Waals surface area contributed by atoms with Crippen LogP contribution in [0.4, 0.5) is 5.69 Å². The number of rotatable bonds is 6. The Bertz CT molecular complexity index is 525. The number of nitrogens with two attached hydrogens (primary N) is 1. The molecule has 0 aliphatic rings. The van der Waals surface area contributed by atoms with E-state index in [0.29, 0.717) is 18.0 Å². The number of hydrogen-bond donors (Lipinski definition) is 3. The third kappa shape index (κ3) is 4.02. The molecule has 0 saturated carbocycles. The molecule has 6 heteroatoms. The number of benzene rings is 1. The van der Waals surface area contributed by atoms with E-state index in [-0.39, 0.29) is 18.9 Å². The van der Waals surface area contributed by atoms with E-state index in [1.807, 2.05) is 12.1 Å². The summed E-state index contributed by atoms with van der Waals surface area (Å²) in [6.07, 6.45) is 3.63. The first-order chi connectivity index (χ1) is 9.25. The largest absolute Gasteiger partial charge is 0.491 e. The number of aromatic amines is 1. The summed E-state index contributed by atoms with van der Waals surface area (Å²) in [4.78, 5) is 18.5. The van der Waals surface area contributed by atoms with E-state index in [2.05, 4.69) is 15.3 Å². The highest BCUT2D eigenvalue weighted by Crippen LogP contribution is 2.19. The van der Waals surface area contributed by atoms with Gasteiger partial charge in [-0.25, -0.2) is 4.98 Å². The third-order valence-corrected chi connectivity index (χ3v) is 2.51. The van der Waals surface area contributed by atoms with Gasteiger partial charge in [-0.15, -0.1) is 0 Å². The second-order valence-electron chi connectivity index (χ2n) is 3.95. The van der Waals surface area contributed by atoms with Crippen molar-refractivity contribution in [2.45, 2.75) is 13.0 Å². The van der Waals surface area contributed by atoms with Crippen molar-refractivity contribution in [2.75, 3.05) is 12.3 Å². The van der Waals surface area contributed by atoms with E-state index >= 15 is 0 Å². The Hall–Kier alpha value is -2.50. The number of imidazole rings is 1. The highest BCUT2D eigenvalue weighted by atomic mass is 16.5. The molecule has 1 heterocycles. The van der Waals surface area contributed by atoms with Crippen LogP contribution in [0, 0.1) is 0 Å². The summed E-state index contributed by atoms with van der Waals surface area (Å²) in [5, 5.41) is 2.74. The number of ether oxygens (including phenoxy) is 1. The van der Waals surface area contributed by atoms with Crippen LogP contribution in [0.15, 0.2) is 36.7 Å². The minimum Gasteiger partial charge on any atom is -0.491 e. The van der Waals surface area contributed by atoms with E-state index in [1.165, 1.54) is 0 Å². The second-order valence-corrected chi connectivity index (χ2v) is 3.95. The fourth-order valence-corrected chi connectivity index (χ4v) is 1.53. The first-order valence-electron chi connectivity index (χ1n) is 5.98. The lowest BCUT2D eigenvalue weighted by atomic mass is 10.3. The van der Waals surface area contributed by atoms with Crippen molar-refractivity contribution >= 4 is 11.6 Å². The molecular formula is C13H16N4O2. The van der Waals surface area contributed by atoms with E-state index in [4.69, 9.17) is 10.5 Å². The number of amides is 1. The topological polar surface area (TPSA) is 93.0 Å². The van der Waals surface area contributed by atoms with E-state index in [9.17, 15) is 4.79 Å². The molecule has 2 aromatic rings. The minimum atomic E-state index is -0.0918. The summed E-state index contributed by atoms with van der Waals surface area (Å²) >= 11 is 0. The maximum absolute atomic E-state index is 11.5. The number of hydrogen-bond acceptors (Lipinski definition) is 4. The van der Waals surface area contributed by atoms with Crippen LogP contribution in [0.3, 0.4) is 0 Å². The molecule has 0 fully saturated rings. The smallest absolute Gasteiger partial charge is 0.223 e. The van der Waals surface area contributed by atoms with Gasteiger partial charge in [0.15, 0.2) is 0 Å². The molecule has 0 spiro atoms. The van der Waals surface area contributed by atoms with Gasteiger partial charge in [0.25, 0.3) is 0 Å². The first-order valence-corrected chi connectivity index (χ1v) is 5.98. The van der Waals surface area contributed by atoms with Crippen molar-refractivity contribution in [3.8, 4) is 5.75 Å². The summed E-state index contributed by atoms with van der Waals surface area (Å²) < 4.78 is 5.44. The summed E-state index contributed by atoms with van der Waals surface area (Å²) in [5.41, 5.74) is 6.29. The lowest BCUT2D eigenvalue weighted by Gasteiger charge is -2.08. The lowest BCUT2D eigenvalue weighted by molar-refractivity contribution is -0.121. The van der Waals surface area contributed by atoms with Crippen molar-refractivity contribution < 1.29 is 9.53 Å². The molecule has 1 aromatic heterocycles. The van der Waals surface area contributed by atoms with Crippen molar-refractivity contribution in [2.24, 2.45) is 0 Å². The minimum absolute atomic E-state index is 0.0918. The van der Waals surface area contributed by atoms with Crippen LogP contribution < -0.4 is 15.8 Å². The predicted molar refractivity (Wildman–Crippen MR) is 71.4 cm³/mol. The van der Waals surface area contributed by atoms with Crippen molar-refractivity contribution in [3.63, 3.8) is 0 Å². The van der Waals surface area contributed by atoms with Crippen molar-refractivity contribution in [1.82, 2.24) is 15.3 Å². The number of anilines is 1. The molecule has 0 unspecified atom stereocenters. The van der Waals surface area contributed by atoms with Crippen molar-refractivity contribution in [3.05, 3.63) is 42.5 Å². The molecule has 19 heavy (non-hydrogen) atoms. The molecule has 1 aromatic carbocycles. The van der Waals surface area contributed by atoms with Gasteiger partial charge in [-0.2, -0.15) is 0 Å². The Morgan fingerprint density at radius 1 is 1.42 bits per heavy atom. The van der Waals surface area contributed by atoms with Crippen LogP contribution in [0.2, 0.25) is 0 Å². The summed E-state index contributed by atoms with van der Waals surface area (Å²) in [5.74, 6) is 1.23. The van der Waals surface area contributed by atoms with E-state index in [0.717, 1.165) is 5.82 Å². The number of aromatic nitrogens is 2. The monoisotopic (exact) mass is 260 g/mol. The first kappa shape index (κ1) is 12.9. The number of H-pyrrole nitrogens is 1. The predicted octanol–water partition coefficient (Wildman–Crippen LogP) is 1.08. The number of nitrogen functional groups attached to an aromatic ring is 1. The van der Waals surface area contributed by atoms with Gasteiger partial charge in [-0.1, -0.05) is 12.1 Å². The average Bonchev–Trinajstić information content (AvgIpc) is 2.92. The van der Waals surface area contributed by atoms with Crippen molar-refractivity contribution in [1.29, 1.82) is 0 Å². The highest BCUT2D eigenvalue weighted by molar-refractivity contribution is 5.75. The number of para-hydroxylation sites is 2. The Kier molecular flexibility index (Phi) is 4.39. The zero-order valence-electron chi connectivity index (χ0n) is 10.4. The Morgan fingerprint density at radius 3 is 3.00 bits per heavy atom. The molecule has 2 rings (SSSR count). The standard InChI is InChI=1S/C13H16N4O2/c14-10-3-1-2-4-11(10)19-8-5-13(18)17-9-12-15-6-7-16-12/h1-4,6-7H,5,8-9,14H2,(H,15,16)(H,17,18). The maximum atomic E-state index is 11.5. The average molecular weight is 260 g/mol. The second kappa shape index (κ2) is 6.44. The molecule has 6 nitrogen and oxygen atoms in total. The lowest BCUT2D eigenvalue weighted by Crippen LogP contribution is -2.25. The quantitative estimate of drug-likeness (QED) is 0.677. The normalized spacial score (nSPS) is 10.1. The molecule has 1 amide bonds. The number of nitrogens with one attached hydrogen (secondary N) is 2. The van der Waals surface area contributed by atoms with Crippen LogP contribution >= 0.6 is 0 Å². The van der Waals surface area contributed by atoms with Gasteiger partial charge < -0.3 is 20.8 Å². The zero-order valence-corrected chi connectivity index (χ0v) is 10.4. The zero-order chi connectivity index (χ0) is 13.5. The Morgan fingerprint density at radius 2 is 2.26 bits per heavy atom. The van der Waals surface area contributed by atoms with Gasteiger partial charge in [0.05, 0.1) is 25.3 Å². The fraction of sp³-hybridized carbons (Fsp3) is 0.231. The van der Waals surface area contributed by atoms with Crippen LogP contribution in [0.25, 0.3) is 0 Å². The Labute approximate surface area is 111 Å². The maximum Gasteiger partial charge on any atom is 0.223 e. The van der Waals surface area contributed by atoms with Gasteiger partial charge in [0.2, 0.25) is 5.91 Å². The van der Waals surface area contributed by atoms with Gasteiger partial charge in [0.1, 0.15) is 11.6 Å². The summed E-state index contributed by atoms with van der Waals surface area (Å²) in [6.45, 7) is 0.678. The number of carbonyl (C=O) groups is 1. The fourth-order valence-electron chi connectivity index (χ4n) is 1.53. The molecule has 100 valence electrons. The van der Waals surface area contributed by atoms with Gasteiger partial charge >= 0.3 is 0 Å². The third-order valence-electron chi connectivity index (χ3n) is 2.51. The van der Waals surface area contributed by atoms with E-state index in [1.54, 1.807) is 24.5 Å². The van der Waals surface area contributed by atoms with Crippen LogP contribution in [-0.4, -0.2) is 22.5 Å². The van der Waals surface area contributed by atoms with Crippen LogP contribution in [0.5, 0.6) is 5.75 Å². The molecule has 0 atom stereocenters. The number of carbonyl (C=O) groups excluding carboxylic acids is 1. The van der Waals surface area contributed by atoms with Gasteiger partial charge in [0, 0.05) is 12.4 Å². The molecule has 0 aliphatic heterocycles. The number of nitrogens with zero attached hydrogens (tertiary/aromatic N) is 1. The molecular weight excluding hydrogens is 244 g/mol. The summed E-state index contributed by atoms with van der Waals surface area (Å²) in [6, 6.07) is 7.20. The molecule has 0 aliphatic carbocycles. The van der Waals surface area contributed by atoms with Crippen LogP contribution in [-0.2, 0) is 11.3 Å². The molecule has 0 saturated heterocycles. The van der Waals surface area contributed by atoms with Gasteiger partial charge in [-0.05, 0) is 12.1 Å². The van der Waals surface area contributed by atoms with Gasteiger partial charge in [-0.3, -0.25) is 4.79 Å². The molecule has 0 bridgehead atoms. The molecule has 4 N–H and O–H groups in total. The Balaban J connectivity index is 1.68. The van der Waals surface area contributed by atoms with Crippen LogP contribution in [0.1, 0.15) is 12.2 Å². The highest BCUT2D eigenvalue weighted by Gasteiger charge is 2.04.